The summed E-state index contributed by atoms with van der Waals surface area (Å²) in [7, 11) is 1.77. The second-order valence-corrected chi connectivity index (χ2v) is 2.80. The second kappa shape index (κ2) is 3.06. The molecule has 72 valence electrons. The van der Waals surface area contributed by atoms with Gasteiger partial charge in [0.25, 0.3) is 0 Å². The fourth-order valence-electron chi connectivity index (χ4n) is 1.04. The van der Waals surface area contributed by atoms with Gasteiger partial charge in [0.1, 0.15) is 5.69 Å². The molecule has 0 fully saturated rings. The molecule has 5 nitrogen and oxygen atoms in total. The molecule has 14 heavy (non-hydrogen) atoms. The molecule has 0 amide bonds. The van der Waals surface area contributed by atoms with E-state index in [1.165, 1.54) is 0 Å². The highest BCUT2D eigenvalue weighted by Crippen LogP contribution is 2.13. The van der Waals surface area contributed by atoms with Crippen LogP contribution in [0.1, 0.15) is 0 Å². The minimum Gasteiger partial charge on any atom is -0.381 e. The standard InChI is InChI=1S/C8H8FN5/c1-14-3-2-6(13-14)8-11-4-5(9)7(10)12-8/h2-4H,1H3,(H2,10,11,12). The highest BCUT2D eigenvalue weighted by molar-refractivity contribution is 5.50. The highest BCUT2D eigenvalue weighted by atomic mass is 19.1. The molecule has 2 N–H and O–H groups in total. The number of aryl methyl sites for hydroxylation is 1. The first-order valence-electron chi connectivity index (χ1n) is 3.95. The fourth-order valence-corrected chi connectivity index (χ4v) is 1.04. The van der Waals surface area contributed by atoms with Crippen molar-refractivity contribution in [2.45, 2.75) is 0 Å². The number of nitrogens with zero attached hydrogens (tertiary/aromatic N) is 4. The van der Waals surface area contributed by atoms with Gasteiger partial charge in [-0.3, -0.25) is 4.68 Å². The Hall–Kier alpha value is -1.98. The van der Waals surface area contributed by atoms with Crippen LogP contribution in [-0.2, 0) is 7.05 Å². The van der Waals surface area contributed by atoms with Crippen molar-refractivity contribution in [1.82, 2.24) is 19.7 Å². The Balaban J connectivity index is 2.47. The van der Waals surface area contributed by atoms with Gasteiger partial charge >= 0.3 is 0 Å². The van der Waals surface area contributed by atoms with Crippen molar-refractivity contribution in [3.05, 3.63) is 24.3 Å². The van der Waals surface area contributed by atoms with Gasteiger partial charge in [-0.05, 0) is 6.07 Å². The molecule has 2 heterocycles. The average molecular weight is 193 g/mol. The van der Waals surface area contributed by atoms with Crippen LogP contribution in [0.3, 0.4) is 0 Å². The molecule has 0 aliphatic heterocycles. The van der Waals surface area contributed by atoms with Crippen LogP contribution in [0, 0.1) is 5.82 Å². The van der Waals surface area contributed by atoms with Gasteiger partial charge in [-0.25, -0.2) is 14.4 Å². The molecule has 2 aromatic heterocycles. The van der Waals surface area contributed by atoms with Crippen molar-refractivity contribution in [1.29, 1.82) is 0 Å². The number of nitrogens with two attached hydrogens (primary N) is 1. The molecule has 2 rings (SSSR count). The average Bonchev–Trinajstić information content (AvgIpc) is 2.57. The predicted octanol–water partition coefficient (Wildman–Crippen LogP) is 0.598. The fraction of sp³-hybridized carbons (Fsp3) is 0.125. The minimum atomic E-state index is -0.621. The Morgan fingerprint density at radius 2 is 2.29 bits per heavy atom. The quantitative estimate of drug-likeness (QED) is 0.719. The molecule has 0 saturated heterocycles. The zero-order chi connectivity index (χ0) is 10.1. The molecule has 2 aromatic rings. The summed E-state index contributed by atoms with van der Waals surface area (Å²) in [4.78, 5) is 7.55. The summed E-state index contributed by atoms with van der Waals surface area (Å²) in [5.41, 5.74) is 5.87. The van der Waals surface area contributed by atoms with Crippen LogP contribution in [-0.4, -0.2) is 19.7 Å². The summed E-state index contributed by atoms with van der Waals surface area (Å²) in [6, 6.07) is 1.73. The minimum absolute atomic E-state index is 0.166. The Morgan fingerprint density at radius 1 is 1.50 bits per heavy atom. The largest absolute Gasteiger partial charge is 0.381 e. The normalized spacial score (nSPS) is 10.4. The van der Waals surface area contributed by atoms with E-state index in [9.17, 15) is 4.39 Å². The van der Waals surface area contributed by atoms with Gasteiger partial charge in [-0.1, -0.05) is 0 Å². The number of rotatable bonds is 1. The predicted molar refractivity (Wildman–Crippen MR) is 48.6 cm³/mol. The maximum absolute atomic E-state index is 12.7. The van der Waals surface area contributed by atoms with Crippen molar-refractivity contribution in [3.8, 4) is 11.5 Å². The van der Waals surface area contributed by atoms with Gasteiger partial charge < -0.3 is 5.73 Å². The maximum atomic E-state index is 12.7. The van der Waals surface area contributed by atoms with Gasteiger partial charge in [-0.2, -0.15) is 5.10 Å². The van der Waals surface area contributed by atoms with Gasteiger partial charge in [0.2, 0.25) is 0 Å². The van der Waals surface area contributed by atoms with E-state index in [2.05, 4.69) is 15.1 Å². The smallest absolute Gasteiger partial charge is 0.183 e. The summed E-state index contributed by atoms with van der Waals surface area (Å²) in [5, 5.41) is 4.07. The van der Waals surface area contributed by atoms with Gasteiger partial charge in [0.05, 0.1) is 6.20 Å². The lowest BCUT2D eigenvalue weighted by atomic mass is 10.4. The third-order valence-electron chi connectivity index (χ3n) is 1.71. The number of hydrogen-bond acceptors (Lipinski definition) is 4. The van der Waals surface area contributed by atoms with Crippen LogP contribution >= 0.6 is 0 Å². The molecule has 0 aliphatic carbocycles. The van der Waals surface area contributed by atoms with E-state index in [1.807, 2.05) is 0 Å². The van der Waals surface area contributed by atoms with E-state index in [0.29, 0.717) is 11.5 Å². The number of aromatic nitrogens is 4. The third-order valence-corrected chi connectivity index (χ3v) is 1.71. The van der Waals surface area contributed by atoms with E-state index < -0.39 is 5.82 Å². The Bertz CT molecular complexity index is 465. The Morgan fingerprint density at radius 3 is 2.86 bits per heavy atom. The topological polar surface area (TPSA) is 69.6 Å². The van der Waals surface area contributed by atoms with Crippen LogP contribution in [0.4, 0.5) is 10.2 Å². The molecule has 6 heteroatoms. The third kappa shape index (κ3) is 1.41. The van der Waals surface area contributed by atoms with E-state index in [0.717, 1.165) is 6.20 Å². The summed E-state index contributed by atoms with van der Waals surface area (Å²) < 4.78 is 14.4. The zero-order valence-electron chi connectivity index (χ0n) is 7.48. The number of anilines is 1. The van der Waals surface area contributed by atoms with Crippen LogP contribution in [0.15, 0.2) is 18.5 Å². The second-order valence-electron chi connectivity index (χ2n) is 2.80. The molecule has 0 aliphatic rings. The molecular weight excluding hydrogens is 185 g/mol. The van der Waals surface area contributed by atoms with Crippen molar-refractivity contribution in [3.63, 3.8) is 0 Å². The molecule has 0 unspecified atom stereocenters. The molecular formula is C8H8FN5. The molecule has 0 radical (unpaired) electrons. The van der Waals surface area contributed by atoms with Gasteiger partial charge in [0, 0.05) is 13.2 Å². The first-order valence-corrected chi connectivity index (χ1v) is 3.95. The Kier molecular flexibility index (Phi) is 1.88. The summed E-state index contributed by atoms with van der Waals surface area (Å²) >= 11 is 0. The first-order chi connectivity index (χ1) is 6.66. The monoisotopic (exact) mass is 193 g/mol. The van der Waals surface area contributed by atoms with Crippen LogP contribution in [0.2, 0.25) is 0 Å². The van der Waals surface area contributed by atoms with Crippen LogP contribution in [0.25, 0.3) is 11.5 Å². The van der Waals surface area contributed by atoms with Crippen molar-refractivity contribution in [2.24, 2.45) is 7.05 Å². The van der Waals surface area contributed by atoms with Gasteiger partial charge in [-0.15, -0.1) is 0 Å². The first kappa shape index (κ1) is 8.61. The van der Waals surface area contributed by atoms with Crippen LogP contribution < -0.4 is 5.73 Å². The van der Waals surface area contributed by atoms with E-state index in [4.69, 9.17) is 5.73 Å². The summed E-state index contributed by atoms with van der Waals surface area (Å²) in [6.07, 6.45) is 2.78. The van der Waals surface area contributed by atoms with E-state index >= 15 is 0 Å². The van der Waals surface area contributed by atoms with Crippen LogP contribution in [0.5, 0.6) is 0 Å². The molecule has 0 saturated carbocycles. The Labute approximate surface area is 79.4 Å². The lowest BCUT2D eigenvalue weighted by Gasteiger charge is -1.97. The van der Waals surface area contributed by atoms with Crippen molar-refractivity contribution in [2.75, 3.05) is 5.73 Å². The molecule has 0 atom stereocenters. The maximum Gasteiger partial charge on any atom is 0.183 e. The lowest BCUT2D eigenvalue weighted by molar-refractivity contribution is 0.620. The number of halogens is 1. The summed E-state index contributed by atoms with van der Waals surface area (Å²) in [5.74, 6) is -0.463. The SMILES string of the molecule is Cn1ccc(-c2ncc(F)c(N)n2)n1. The van der Waals surface area contributed by atoms with E-state index in [-0.39, 0.29) is 5.82 Å². The number of nitrogen functional groups attached to an aromatic ring is 1. The highest BCUT2D eigenvalue weighted by Gasteiger charge is 2.07. The molecule has 0 bridgehead atoms. The lowest BCUT2D eigenvalue weighted by Crippen LogP contribution is -1.99. The van der Waals surface area contributed by atoms with E-state index in [1.54, 1.807) is 24.0 Å². The van der Waals surface area contributed by atoms with Crippen molar-refractivity contribution >= 4 is 5.82 Å². The summed E-state index contributed by atoms with van der Waals surface area (Å²) in [6.45, 7) is 0. The molecule has 0 spiro atoms. The van der Waals surface area contributed by atoms with Crippen molar-refractivity contribution < 1.29 is 4.39 Å². The zero-order valence-corrected chi connectivity index (χ0v) is 7.48. The molecule has 0 aromatic carbocycles. The van der Waals surface area contributed by atoms with Gasteiger partial charge in [0.15, 0.2) is 17.5 Å². The number of hydrogen-bond donors (Lipinski definition) is 1.